The van der Waals surface area contributed by atoms with E-state index in [1.54, 1.807) is 48.6 Å². The van der Waals surface area contributed by atoms with Crippen LogP contribution in [0.3, 0.4) is 0 Å². The largest absolute Gasteiger partial charge is 0.490 e. The molecular formula is C55H59N7O7S. The number of imidazole rings is 2. The number of nitriles is 1. The molecule has 1 saturated heterocycles. The minimum atomic E-state index is -2.02. The summed E-state index contributed by atoms with van der Waals surface area (Å²) in [7, 11) is 1.64. The zero-order valence-electron chi connectivity index (χ0n) is 39.9. The highest BCUT2D eigenvalue weighted by Crippen LogP contribution is 2.40. The van der Waals surface area contributed by atoms with Crippen LogP contribution in [0.2, 0.25) is 0 Å². The van der Waals surface area contributed by atoms with Crippen LogP contribution in [0.4, 0.5) is 0 Å². The number of benzene rings is 4. The summed E-state index contributed by atoms with van der Waals surface area (Å²) >= 11 is -2.02. The molecule has 362 valence electrons. The molecular weight excluding hydrogens is 903 g/mol. The average Bonchev–Trinajstić information content (AvgIpc) is 4.04. The van der Waals surface area contributed by atoms with Crippen molar-refractivity contribution in [1.82, 2.24) is 28.3 Å². The summed E-state index contributed by atoms with van der Waals surface area (Å²) in [6.07, 6.45) is 6.52. The fourth-order valence-corrected chi connectivity index (χ4v) is 9.68. The van der Waals surface area contributed by atoms with Crippen LogP contribution in [-0.2, 0) is 11.3 Å². The molecule has 6 aromatic rings. The second-order valence-corrected chi connectivity index (χ2v) is 19.3. The molecule has 0 radical (unpaired) electrons. The summed E-state index contributed by atoms with van der Waals surface area (Å²) in [5, 5.41) is 40.9. The van der Waals surface area contributed by atoms with Gasteiger partial charge in [-0.1, -0.05) is 84.3 Å². The van der Waals surface area contributed by atoms with Crippen LogP contribution in [0.1, 0.15) is 105 Å². The van der Waals surface area contributed by atoms with E-state index in [-0.39, 0.29) is 36.6 Å². The molecule has 70 heavy (non-hydrogen) atoms. The lowest BCUT2D eigenvalue weighted by molar-refractivity contribution is -0.00381. The zero-order valence-corrected chi connectivity index (χ0v) is 40.7. The van der Waals surface area contributed by atoms with E-state index in [1.807, 2.05) is 67.6 Å². The molecule has 4 N–H and O–H groups in total. The van der Waals surface area contributed by atoms with Gasteiger partial charge in [0.05, 0.1) is 25.4 Å². The molecule has 1 aliphatic carbocycles. The van der Waals surface area contributed by atoms with Gasteiger partial charge in [-0.3, -0.25) is 9.45 Å². The van der Waals surface area contributed by atoms with Gasteiger partial charge in [0.15, 0.2) is 0 Å². The van der Waals surface area contributed by atoms with Gasteiger partial charge in [0.2, 0.25) is 17.1 Å². The molecule has 0 spiro atoms. The van der Waals surface area contributed by atoms with Gasteiger partial charge in [-0.15, -0.1) is 0 Å². The quantitative estimate of drug-likeness (QED) is 0.0421. The third-order valence-corrected chi connectivity index (χ3v) is 14.3. The fourth-order valence-electron chi connectivity index (χ4n) is 9.15. The minimum Gasteiger partial charge on any atom is -0.490 e. The molecule has 3 heterocycles. The number of piperidine rings is 1. The average molecular weight is 962 g/mol. The normalized spacial score (nSPS) is 19.3. The number of likely N-dealkylation sites (tertiary alicyclic amines) is 1. The van der Waals surface area contributed by atoms with Crippen LogP contribution in [-0.4, -0.2) is 104 Å². The van der Waals surface area contributed by atoms with E-state index in [0.29, 0.717) is 31.1 Å². The summed E-state index contributed by atoms with van der Waals surface area (Å²) in [6, 6.07) is 33.4. The van der Waals surface area contributed by atoms with E-state index in [1.165, 1.54) is 9.87 Å². The number of ether oxygens (including phenoxy) is 2. The standard InChI is InChI=1S/C55H59N7O7S/c1-38(64)53-57-28-32-61(53)49(22-10-41-7-11-42(12-8-41)44-15-17-45(18-16-44)47-25-29-60(30-26-47)31-27-56)37-68-52-35-62(54(58-52)39(2)65)48(36-63)21-9-40-5-13-43(14-6-40)46-19-23-50(24-20-46)69-51-33-55(3,34-51)59(4)70(66)67/h5-8,11-20,23-24,28,32,35,38-39,47-49,51,63-65H,25-26,29-31,33-34,36-37H2,1-4H3,(H,66,67)/t38-,39-,48-,49-,51?,55?/m0/s1. The molecule has 0 amide bonds. The van der Waals surface area contributed by atoms with Crippen molar-refractivity contribution in [3.05, 3.63) is 144 Å². The van der Waals surface area contributed by atoms with Gasteiger partial charge < -0.3 is 33.9 Å². The van der Waals surface area contributed by atoms with Crippen molar-refractivity contribution >= 4 is 11.3 Å². The Labute approximate surface area is 412 Å². The van der Waals surface area contributed by atoms with Crippen LogP contribution in [0.15, 0.2) is 116 Å². The third-order valence-electron chi connectivity index (χ3n) is 13.4. The summed E-state index contributed by atoms with van der Waals surface area (Å²) in [6.45, 7) is 7.27. The topological polar surface area (TPSA) is 182 Å². The van der Waals surface area contributed by atoms with Crippen LogP contribution in [0.25, 0.3) is 22.3 Å². The van der Waals surface area contributed by atoms with E-state index < -0.39 is 35.6 Å². The molecule has 5 atom stereocenters. The first kappa shape index (κ1) is 49.8. The number of rotatable bonds is 16. The lowest BCUT2D eigenvalue weighted by Gasteiger charge is -2.48. The smallest absolute Gasteiger partial charge is 0.234 e. The van der Waals surface area contributed by atoms with Crippen molar-refractivity contribution in [2.45, 2.75) is 88.3 Å². The Balaban J connectivity index is 0.913. The van der Waals surface area contributed by atoms with E-state index in [4.69, 9.17) is 14.7 Å². The number of aliphatic hydroxyl groups excluding tert-OH is 3. The van der Waals surface area contributed by atoms with E-state index in [2.05, 4.69) is 81.0 Å². The van der Waals surface area contributed by atoms with Gasteiger partial charge in [-0.05, 0) is 117 Å². The Bertz CT molecular complexity index is 2890. The molecule has 2 aromatic heterocycles. The van der Waals surface area contributed by atoms with Gasteiger partial charge >= 0.3 is 0 Å². The van der Waals surface area contributed by atoms with Crippen molar-refractivity contribution < 1.29 is 33.6 Å². The Morgan fingerprint density at radius 2 is 1.36 bits per heavy atom. The van der Waals surface area contributed by atoms with Gasteiger partial charge in [0.1, 0.15) is 54.4 Å². The first-order valence-electron chi connectivity index (χ1n) is 23.6. The highest BCUT2D eigenvalue weighted by Gasteiger charge is 2.46. The maximum atomic E-state index is 11.5. The molecule has 15 heteroatoms. The molecule has 2 fully saturated rings. The van der Waals surface area contributed by atoms with E-state index in [0.717, 1.165) is 65.1 Å². The van der Waals surface area contributed by atoms with E-state index in [9.17, 15) is 24.1 Å². The predicted octanol–water partition coefficient (Wildman–Crippen LogP) is 7.85. The van der Waals surface area contributed by atoms with Crippen molar-refractivity contribution in [3.8, 4) is 63.6 Å². The van der Waals surface area contributed by atoms with Crippen LogP contribution in [0.5, 0.6) is 11.6 Å². The van der Waals surface area contributed by atoms with E-state index >= 15 is 0 Å². The highest BCUT2D eigenvalue weighted by atomic mass is 32.2. The number of hydrogen-bond acceptors (Lipinski definition) is 10. The van der Waals surface area contributed by atoms with Crippen molar-refractivity contribution in [3.63, 3.8) is 0 Å². The van der Waals surface area contributed by atoms with Gasteiger partial charge in [0.25, 0.3) is 0 Å². The van der Waals surface area contributed by atoms with Crippen molar-refractivity contribution in [1.29, 1.82) is 5.26 Å². The summed E-state index contributed by atoms with van der Waals surface area (Å²) in [5.41, 5.74) is 6.68. The second kappa shape index (κ2) is 22.4. The van der Waals surface area contributed by atoms with Crippen molar-refractivity contribution in [2.24, 2.45) is 0 Å². The molecule has 4 aromatic carbocycles. The van der Waals surface area contributed by atoms with Gasteiger partial charge in [-0.25, -0.2) is 9.19 Å². The molecule has 1 aliphatic heterocycles. The SMILES string of the molecule is C[C@H](O)c1nccn1[C@@H](C#Cc1ccc(-c2ccc(C3CCN(CC#N)CC3)cc2)cc1)COc1cn([C@@H](C#Cc2ccc(-c3ccc(OC4CC(C)(N(C)S(=O)O)C4)cc3)cc2)CO)c([C@H](C)O)n1. The first-order chi connectivity index (χ1) is 33.8. The summed E-state index contributed by atoms with van der Waals surface area (Å²) in [5.74, 6) is 15.1. The molecule has 1 unspecified atom stereocenters. The predicted molar refractivity (Wildman–Crippen MR) is 269 cm³/mol. The third kappa shape index (κ3) is 11.9. The van der Waals surface area contributed by atoms with Gasteiger partial charge in [0, 0.05) is 48.9 Å². The molecule has 14 nitrogen and oxygen atoms in total. The lowest BCUT2D eigenvalue weighted by Crippen LogP contribution is -2.57. The maximum absolute atomic E-state index is 11.5. The second-order valence-electron chi connectivity index (χ2n) is 18.3. The lowest BCUT2D eigenvalue weighted by atomic mass is 9.76. The summed E-state index contributed by atoms with van der Waals surface area (Å²) < 4.78 is 38.2. The fraction of sp³-hybridized carbons (Fsp3) is 0.364. The molecule has 0 bridgehead atoms. The van der Waals surface area contributed by atoms with Crippen LogP contribution >= 0.6 is 0 Å². The number of hydrogen-bond donors (Lipinski definition) is 4. The number of nitrogens with zero attached hydrogens (tertiary/aromatic N) is 7. The number of aromatic nitrogens is 4. The minimum absolute atomic E-state index is 0.0277. The highest BCUT2D eigenvalue weighted by molar-refractivity contribution is 7.76. The zero-order chi connectivity index (χ0) is 49.4. The van der Waals surface area contributed by atoms with Crippen LogP contribution in [0, 0.1) is 35.0 Å². The Kier molecular flexibility index (Phi) is 16.0. The molecule has 1 saturated carbocycles. The van der Waals surface area contributed by atoms with Gasteiger partial charge in [-0.2, -0.15) is 14.6 Å². The van der Waals surface area contributed by atoms with Crippen LogP contribution < -0.4 is 9.47 Å². The molecule has 8 rings (SSSR count). The molecule has 2 aliphatic rings. The summed E-state index contributed by atoms with van der Waals surface area (Å²) in [4.78, 5) is 11.2. The Hall–Kier alpha value is -6.58. The first-order valence-corrected chi connectivity index (χ1v) is 24.6. The maximum Gasteiger partial charge on any atom is 0.234 e. The van der Waals surface area contributed by atoms with Crippen molar-refractivity contribution in [2.75, 3.05) is 39.9 Å². The monoisotopic (exact) mass is 961 g/mol. The number of aliphatic hydroxyl groups is 3. The Morgan fingerprint density at radius 1 is 0.814 bits per heavy atom. The Morgan fingerprint density at radius 3 is 1.89 bits per heavy atom.